The first-order valence-electron chi connectivity index (χ1n) is 7.15. The van der Waals surface area contributed by atoms with Gasteiger partial charge in [0, 0.05) is 5.92 Å². The Morgan fingerprint density at radius 1 is 1.32 bits per heavy atom. The summed E-state index contributed by atoms with van der Waals surface area (Å²) in [5.41, 5.74) is 5.84. The zero-order valence-electron chi connectivity index (χ0n) is 11.5. The molecular formula is C14H22N2O3. The van der Waals surface area contributed by atoms with Gasteiger partial charge in [0.1, 0.15) is 0 Å². The fourth-order valence-electron chi connectivity index (χ4n) is 2.57. The van der Waals surface area contributed by atoms with Gasteiger partial charge >= 0.3 is 5.97 Å². The van der Waals surface area contributed by atoms with Crippen molar-refractivity contribution in [1.29, 1.82) is 0 Å². The van der Waals surface area contributed by atoms with Crippen LogP contribution >= 0.6 is 0 Å². The second kappa shape index (κ2) is 6.59. The first-order chi connectivity index (χ1) is 9.22. The van der Waals surface area contributed by atoms with Crippen molar-refractivity contribution < 1.29 is 13.9 Å². The molecule has 19 heavy (non-hydrogen) atoms. The lowest BCUT2D eigenvalue weighted by Crippen LogP contribution is -2.08. The molecule has 0 radical (unpaired) electrons. The predicted molar refractivity (Wildman–Crippen MR) is 71.9 cm³/mol. The van der Waals surface area contributed by atoms with Crippen LogP contribution in [0.5, 0.6) is 0 Å². The molecular weight excluding hydrogens is 244 g/mol. The second-order valence-electron chi connectivity index (χ2n) is 5.03. The molecule has 0 atom stereocenters. The fraction of sp³-hybridized carbons (Fsp3) is 0.714. The van der Waals surface area contributed by atoms with Gasteiger partial charge in [-0.1, -0.05) is 32.1 Å². The third kappa shape index (κ3) is 3.49. The first-order valence-corrected chi connectivity index (χ1v) is 7.15. The number of hydrogen-bond acceptors (Lipinski definition) is 5. The van der Waals surface area contributed by atoms with E-state index in [9.17, 15) is 4.79 Å². The summed E-state index contributed by atoms with van der Waals surface area (Å²) in [6.45, 7) is 2.06. The van der Waals surface area contributed by atoms with E-state index in [0.717, 1.165) is 12.8 Å². The van der Waals surface area contributed by atoms with Crippen molar-refractivity contribution in [2.75, 3.05) is 12.3 Å². The quantitative estimate of drug-likeness (QED) is 0.849. The molecule has 1 fully saturated rings. The Balaban J connectivity index is 2.11. The van der Waals surface area contributed by atoms with Gasteiger partial charge in [-0.15, -0.1) is 0 Å². The van der Waals surface area contributed by atoms with Crippen LogP contribution < -0.4 is 5.73 Å². The normalized spacial score (nSPS) is 17.7. The molecule has 1 heterocycles. The molecule has 2 N–H and O–H groups in total. The summed E-state index contributed by atoms with van der Waals surface area (Å²) < 4.78 is 10.4. The third-order valence-electron chi connectivity index (χ3n) is 3.59. The van der Waals surface area contributed by atoms with E-state index in [-0.39, 0.29) is 17.5 Å². The van der Waals surface area contributed by atoms with Gasteiger partial charge in [0.05, 0.1) is 6.61 Å². The molecule has 5 heteroatoms. The van der Waals surface area contributed by atoms with E-state index in [0.29, 0.717) is 12.5 Å². The smallest absolute Gasteiger partial charge is 0.362 e. The van der Waals surface area contributed by atoms with E-state index in [2.05, 4.69) is 4.98 Å². The summed E-state index contributed by atoms with van der Waals surface area (Å²) in [5.74, 6) is 0.463. The summed E-state index contributed by atoms with van der Waals surface area (Å²) in [6.07, 6.45) is 8.32. The summed E-state index contributed by atoms with van der Waals surface area (Å²) in [5, 5.41) is 0. The number of carbonyl (C=O) groups is 1. The van der Waals surface area contributed by atoms with E-state index < -0.39 is 5.97 Å². The van der Waals surface area contributed by atoms with Crippen LogP contribution in [0, 0.1) is 0 Å². The lowest BCUT2D eigenvalue weighted by molar-refractivity contribution is 0.0521. The van der Waals surface area contributed by atoms with Gasteiger partial charge in [-0.3, -0.25) is 0 Å². The summed E-state index contributed by atoms with van der Waals surface area (Å²) in [4.78, 5) is 15.9. The van der Waals surface area contributed by atoms with Crippen molar-refractivity contribution in [2.24, 2.45) is 0 Å². The van der Waals surface area contributed by atoms with Crippen molar-refractivity contribution in [3.63, 3.8) is 0 Å². The maximum absolute atomic E-state index is 11.7. The van der Waals surface area contributed by atoms with Crippen LogP contribution in [0.3, 0.4) is 0 Å². The van der Waals surface area contributed by atoms with Gasteiger partial charge in [0.15, 0.2) is 0 Å². The number of ether oxygens (including phenoxy) is 1. The molecule has 106 valence electrons. The number of anilines is 1. The molecule has 0 saturated heterocycles. The Labute approximate surface area is 113 Å². The van der Waals surface area contributed by atoms with Crippen LogP contribution in [-0.2, 0) is 4.74 Å². The minimum absolute atomic E-state index is 0.0792. The Kier molecular flexibility index (Phi) is 4.82. The maximum Gasteiger partial charge on any atom is 0.362 e. The highest BCUT2D eigenvalue weighted by molar-refractivity contribution is 5.91. The summed E-state index contributed by atoms with van der Waals surface area (Å²) in [7, 11) is 0. The number of nitrogens with two attached hydrogens (primary N) is 1. The van der Waals surface area contributed by atoms with Crippen LogP contribution in [0.1, 0.15) is 74.2 Å². The largest absolute Gasteiger partial charge is 0.461 e. The number of carbonyl (C=O) groups excluding carboxylic acids is 1. The first kappa shape index (κ1) is 13.9. The Morgan fingerprint density at radius 3 is 2.58 bits per heavy atom. The van der Waals surface area contributed by atoms with Crippen molar-refractivity contribution in [2.45, 2.75) is 57.8 Å². The number of hydrogen-bond donors (Lipinski definition) is 1. The van der Waals surface area contributed by atoms with Crippen LogP contribution in [0.4, 0.5) is 5.88 Å². The molecule has 0 bridgehead atoms. The Morgan fingerprint density at radius 2 is 1.95 bits per heavy atom. The van der Waals surface area contributed by atoms with Gasteiger partial charge < -0.3 is 14.9 Å². The van der Waals surface area contributed by atoms with E-state index >= 15 is 0 Å². The molecule has 0 unspecified atom stereocenters. The van der Waals surface area contributed by atoms with Crippen LogP contribution in [0.15, 0.2) is 4.42 Å². The van der Waals surface area contributed by atoms with E-state index in [4.69, 9.17) is 14.9 Å². The third-order valence-corrected chi connectivity index (χ3v) is 3.59. The van der Waals surface area contributed by atoms with Crippen molar-refractivity contribution in [3.05, 3.63) is 11.6 Å². The molecule has 0 spiro atoms. The van der Waals surface area contributed by atoms with Gasteiger partial charge in [-0.2, -0.15) is 0 Å². The minimum Gasteiger partial charge on any atom is -0.461 e. The maximum atomic E-state index is 11.7. The molecule has 1 aromatic heterocycles. The Bertz CT molecular complexity index is 420. The number of esters is 1. The molecule has 0 aliphatic heterocycles. The summed E-state index contributed by atoms with van der Waals surface area (Å²) >= 11 is 0. The molecule has 1 aromatic rings. The fourth-order valence-corrected chi connectivity index (χ4v) is 2.57. The van der Waals surface area contributed by atoms with Crippen molar-refractivity contribution in [1.82, 2.24) is 4.98 Å². The van der Waals surface area contributed by atoms with E-state index in [1.54, 1.807) is 6.92 Å². The van der Waals surface area contributed by atoms with Crippen molar-refractivity contribution >= 4 is 11.9 Å². The zero-order valence-corrected chi connectivity index (χ0v) is 11.5. The second-order valence-corrected chi connectivity index (χ2v) is 5.03. The van der Waals surface area contributed by atoms with Crippen LogP contribution in [0.25, 0.3) is 0 Å². The number of rotatable bonds is 3. The standard InChI is InChI=1S/C14H22N2O3/c1-2-18-14(17)11-12(15)19-13(16-11)10-8-6-4-3-5-7-9-10/h10H,2-9,15H2,1H3. The highest BCUT2D eigenvalue weighted by Gasteiger charge is 2.24. The average molecular weight is 266 g/mol. The molecule has 0 amide bonds. The highest BCUT2D eigenvalue weighted by atomic mass is 16.5. The Hall–Kier alpha value is -1.52. The van der Waals surface area contributed by atoms with E-state index in [1.807, 2.05) is 0 Å². The number of nitrogens with zero attached hydrogens (tertiary/aromatic N) is 1. The molecule has 1 saturated carbocycles. The molecule has 5 nitrogen and oxygen atoms in total. The van der Waals surface area contributed by atoms with Gasteiger partial charge in [0.2, 0.25) is 17.5 Å². The lowest BCUT2D eigenvalue weighted by Gasteiger charge is -2.16. The zero-order chi connectivity index (χ0) is 13.7. The summed E-state index contributed by atoms with van der Waals surface area (Å²) in [6, 6.07) is 0. The molecule has 1 aliphatic carbocycles. The minimum atomic E-state index is -0.499. The number of nitrogen functional groups attached to an aromatic ring is 1. The van der Waals surface area contributed by atoms with Gasteiger partial charge in [0.25, 0.3) is 0 Å². The SMILES string of the molecule is CCOC(=O)c1nc(C2CCCCCCC2)oc1N. The molecule has 2 rings (SSSR count). The number of aromatic nitrogens is 1. The number of oxazole rings is 1. The topological polar surface area (TPSA) is 78.3 Å². The van der Waals surface area contributed by atoms with Gasteiger partial charge in [-0.25, -0.2) is 9.78 Å². The molecule has 0 aromatic carbocycles. The lowest BCUT2D eigenvalue weighted by atomic mass is 9.91. The molecule has 1 aliphatic rings. The highest BCUT2D eigenvalue weighted by Crippen LogP contribution is 2.32. The van der Waals surface area contributed by atoms with Gasteiger partial charge in [-0.05, 0) is 19.8 Å². The monoisotopic (exact) mass is 266 g/mol. The predicted octanol–water partition coefficient (Wildman–Crippen LogP) is 3.26. The van der Waals surface area contributed by atoms with Crippen molar-refractivity contribution in [3.8, 4) is 0 Å². The van der Waals surface area contributed by atoms with Crippen LogP contribution in [-0.4, -0.2) is 17.6 Å². The van der Waals surface area contributed by atoms with E-state index in [1.165, 1.54) is 32.1 Å². The average Bonchev–Trinajstić information content (AvgIpc) is 2.71. The van der Waals surface area contributed by atoms with Crippen LogP contribution in [0.2, 0.25) is 0 Å².